The van der Waals surface area contributed by atoms with E-state index >= 15 is 0 Å². The first-order valence-corrected chi connectivity index (χ1v) is 6.52. The van der Waals surface area contributed by atoms with Crippen molar-refractivity contribution >= 4 is 17.3 Å². The summed E-state index contributed by atoms with van der Waals surface area (Å²) in [6.45, 7) is 3.56. The lowest BCUT2D eigenvalue weighted by Crippen LogP contribution is -2.34. The number of nitrogens with zero attached hydrogens (tertiary/aromatic N) is 1. The molecule has 0 spiro atoms. The van der Waals surface area contributed by atoms with Gasteiger partial charge < -0.3 is 15.3 Å². The van der Waals surface area contributed by atoms with E-state index in [2.05, 4.69) is 10.2 Å². The number of hydrogen-bond donors (Lipinski definition) is 2. The topological polar surface area (TPSA) is 35.5 Å². The maximum atomic E-state index is 9.90. The van der Waals surface area contributed by atoms with Crippen LogP contribution in [-0.4, -0.2) is 42.3 Å². The van der Waals surface area contributed by atoms with E-state index in [-0.39, 0.29) is 6.10 Å². The van der Waals surface area contributed by atoms with Gasteiger partial charge in [0, 0.05) is 23.8 Å². The Morgan fingerprint density at radius 2 is 2.12 bits per heavy atom. The molecule has 4 heteroatoms. The minimum Gasteiger partial charge on any atom is -0.390 e. The molecule has 0 amide bonds. The number of aliphatic hydroxyl groups is 1. The average Bonchev–Trinajstić information content (AvgIpc) is 2.79. The third kappa shape index (κ3) is 4.19. The normalized spacial score (nSPS) is 18.2. The Hall–Kier alpha value is -0.770. The first-order valence-electron chi connectivity index (χ1n) is 6.14. The molecule has 1 heterocycles. The van der Waals surface area contributed by atoms with Crippen molar-refractivity contribution < 1.29 is 5.11 Å². The number of benzene rings is 1. The van der Waals surface area contributed by atoms with Crippen LogP contribution in [0.1, 0.15) is 12.8 Å². The van der Waals surface area contributed by atoms with Crippen molar-refractivity contribution in [1.82, 2.24) is 4.90 Å². The van der Waals surface area contributed by atoms with E-state index in [1.54, 1.807) is 0 Å². The van der Waals surface area contributed by atoms with Crippen molar-refractivity contribution in [3.05, 3.63) is 29.3 Å². The second-order valence-corrected chi connectivity index (χ2v) is 4.99. The lowest BCUT2D eigenvalue weighted by Gasteiger charge is -2.20. The second-order valence-electron chi connectivity index (χ2n) is 4.55. The van der Waals surface area contributed by atoms with Gasteiger partial charge in [0.1, 0.15) is 0 Å². The fraction of sp³-hybridized carbons (Fsp3) is 0.538. The molecule has 1 aromatic carbocycles. The quantitative estimate of drug-likeness (QED) is 0.846. The van der Waals surface area contributed by atoms with Crippen molar-refractivity contribution in [3.63, 3.8) is 0 Å². The molecule has 1 saturated heterocycles. The number of likely N-dealkylation sites (tertiary alicyclic amines) is 1. The molecule has 2 N–H and O–H groups in total. The van der Waals surface area contributed by atoms with Gasteiger partial charge in [-0.2, -0.15) is 0 Å². The summed E-state index contributed by atoms with van der Waals surface area (Å²) < 4.78 is 0. The molecule has 1 atom stereocenters. The summed E-state index contributed by atoms with van der Waals surface area (Å²) in [5.41, 5.74) is 0.956. The van der Waals surface area contributed by atoms with Gasteiger partial charge in [-0.15, -0.1) is 0 Å². The van der Waals surface area contributed by atoms with E-state index in [4.69, 9.17) is 11.6 Å². The van der Waals surface area contributed by atoms with Crippen molar-refractivity contribution in [3.8, 4) is 0 Å². The summed E-state index contributed by atoms with van der Waals surface area (Å²) in [4.78, 5) is 2.31. The van der Waals surface area contributed by atoms with Crippen LogP contribution in [0.5, 0.6) is 0 Å². The molecule has 1 aromatic rings. The van der Waals surface area contributed by atoms with Crippen LogP contribution in [0.3, 0.4) is 0 Å². The van der Waals surface area contributed by atoms with Gasteiger partial charge in [0.15, 0.2) is 0 Å². The van der Waals surface area contributed by atoms with Crippen molar-refractivity contribution in [1.29, 1.82) is 0 Å². The molecule has 1 unspecified atom stereocenters. The number of nitrogens with one attached hydrogen (secondary N) is 1. The Kier molecular flexibility index (Phi) is 4.66. The van der Waals surface area contributed by atoms with Crippen molar-refractivity contribution in [2.75, 3.05) is 31.5 Å². The molecule has 0 aromatic heterocycles. The summed E-state index contributed by atoms with van der Waals surface area (Å²) in [5, 5.41) is 13.8. The largest absolute Gasteiger partial charge is 0.390 e. The standard InChI is InChI=1S/C13H19ClN2O/c14-11-4-3-5-12(8-11)15-9-13(17)10-16-6-1-2-7-16/h3-5,8,13,15,17H,1-2,6-7,9-10H2. The number of hydrogen-bond acceptors (Lipinski definition) is 3. The smallest absolute Gasteiger partial charge is 0.0839 e. The van der Waals surface area contributed by atoms with Crippen LogP contribution < -0.4 is 5.32 Å². The fourth-order valence-corrected chi connectivity index (χ4v) is 2.35. The molecule has 0 saturated carbocycles. The third-order valence-corrected chi connectivity index (χ3v) is 3.27. The molecule has 0 radical (unpaired) electrons. The van der Waals surface area contributed by atoms with Crippen LogP contribution in [0.4, 0.5) is 5.69 Å². The van der Waals surface area contributed by atoms with Gasteiger partial charge in [-0.1, -0.05) is 17.7 Å². The predicted octanol–water partition coefficient (Wildman–Crippen LogP) is 2.21. The van der Waals surface area contributed by atoms with Crippen LogP contribution in [0.25, 0.3) is 0 Å². The first-order chi connectivity index (χ1) is 8.24. The van der Waals surface area contributed by atoms with E-state index < -0.39 is 0 Å². The summed E-state index contributed by atoms with van der Waals surface area (Å²) in [7, 11) is 0. The molecule has 17 heavy (non-hydrogen) atoms. The molecular weight excluding hydrogens is 236 g/mol. The Balaban J connectivity index is 1.73. The van der Waals surface area contributed by atoms with Gasteiger partial charge in [0.05, 0.1) is 6.10 Å². The molecule has 1 fully saturated rings. The molecule has 0 aliphatic carbocycles. The number of aliphatic hydroxyl groups excluding tert-OH is 1. The molecule has 1 aliphatic heterocycles. The Labute approximate surface area is 107 Å². The van der Waals surface area contributed by atoms with Gasteiger partial charge >= 0.3 is 0 Å². The van der Waals surface area contributed by atoms with Gasteiger partial charge in [-0.3, -0.25) is 0 Å². The average molecular weight is 255 g/mol. The molecule has 0 bridgehead atoms. The van der Waals surface area contributed by atoms with E-state index in [1.807, 2.05) is 24.3 Å². The lowest BCUT2D eigenvalue weighted by molar-refractivity contribution is 0.135. The molecule has 2 rings (SSSR count). The van der Waals surface area contributed by atoms with Crippen LogP contribution >= 0.6 is 11.6 Å². The summed E-state index contributed by atoms with van der Waals surface area (Å²) in [5.74, 6) is 0. The van der Waals surface area contributed by atoms with E-state index in [0.717, 1.165) is 25.3 Å². The fourth-order valence-electron chi connectivity index (χ4n) is 2.16. The van der Waals surface area contributed by atoms with Gasteiger partial charge in [-0.05, 0) is 44.1 Å². The highest BCUT2D eigenvalue weighted by Crippen LogP contribution is 2.15. The molecular formula is C13H19ClN2O. The maximum Gasteiger partial charge on any atom is 0.0839 e. The highest BCUT2D eigenvalue weighted by Gasteiger charge is 2.15. The minimum atomic E-state index is -0.327. The summed E-state index contributed by atoms with van der Waals surface area (Å²) in [6, 6.07) is 7.56. The van der Waals surface area contributed by atoms with Gasteiger partial charge in [0.2, 0.25) is 0 Å². The zero-order valence-electron chi connectivity index (χ0n) is 9.90. The number of β-amino-alcohol motifs (C(OH)–C–C–N with tert-alkyl or cyclic N) is 1. The van der Waals surface area contributed by atoms with Crippen LogP contribution in [-0.2, 0) is 0 Å². The maximum absolute atomic E-state index is 9.90. The number of halogens is 1. The predicted molar refractivity (Wildman–Crippen MR) is 71.6 cm³/mol. The first kappa shape index (κ1) is 12.7. The Morgan fingerprint density at radius 3 is 2.82 bits per heavy atom. The monoisotopic (exact) mass is 254 g/mol. The zero-order valence-corrected chi connectivity index (χ0v) is 10.7. The van der Waals surface area contributed by atoms with Crippen LogP contribution in [0.15, 0.2) is 24.3 Å². The summed E-state index contributed by atoms with van der Waals surface area (Å²) in [6.07, 6.45) is 2.19. The van der Waals surface area contributed by atoms with Gasteiger partial charge in [-0.25, -0.2) is 0 Å². The van der Waals surface area contributed by atoms with Crippen molar-refractivity contribution in [2.45, 2.75) is 18.9 Å². The van der Waals surface area contributed by atoms with Crippen LogP contribution in [0, 0.1) is 0 Å². The third-order valence-electron chi connectivity index (χ3n) is 3.03. The Morgan fingerprint density at radius 1 is 1.35 bits per heavy atom. The van der Waals surface area contributed by atoms with Crippen LogP contribution in [0.2, 0.25) is 5.02 Å². The minimum absolute atomic E-state index is 0.327. The number of anilines is 1. The van der Waals surface area contributed by atoms with E-state index in [0.29, 0.717) is 11.6 Å². The van der Waals surface area contributed by atoms with Gasteiger partial charge in [0.25, 0.3) is 0 Å². The number of rotatable bonds is 5. The molecule has 1 aliphatic rings. The lowest BCUT2D eigenvalue weighted by atomic mass is 10.3. The molecule has 94 valence electrons. The Bertz CT molecular complexity index is 353. The summed E-state index contributed by atoms with van der Waals surface area (Å²) >= 11 is 5.89. The zero-order chi connectivity index (χ0) is 12.1. The molecule has 3 nitrogen and oxygen atoms in total. The van der Waals surface area contributed by atoms with E-state index in [1.165, 1.54) is 12.8 Å². The SMILES string of the molecule is OC(CNc1cccc(Cl)c1)CN1CCCC1. The highest BCUT2D eigenvalue weighted by molar-refractivity contribution is 6.30. The van der Waals surface area contributed by atoms with Crippen molar-refractivity contribution in [2.24, 2.45) is 0 Å². The highest BCUT2D eigenvalue weighted by atomic mass is 35.5. The van der Waals surface area contributed by atoms with E-state index in [9.17, 15) is 5.11 Å². The second kappa shape index (κ2) is 6.24.